The predicted molar refractivity (Wildman–Crippen MR) is 69.1 cm³/mol. The van der Waals surface area contributed by atoms with Crippen LogP contribution in [0.3, 0.4) is 0 Å². The van der Waals surface area contributed by atoms with Gasteiger partial charge < -0.3 is 10.6 Å². The van der Waals surface area contributed by atoms with Crippen LogP contribution in [0.25, 0.3) is 0 Å². The largest absolute Gasteiger partial charge is 0.326 e. The zero-order valence-corrected chi connectivity index (χ0v) is 11.2. The highest BCUT2D eigenvalue weighted by Gasteiger charge is 2.37. The lowest BCUT2D eigenvalue weighted by molar-refractivity contribution is -0.128. The second-order valence-electron chi connectivity index (χ2n) is 5.53. The van der Waals surface area contributed by atoms with E-state index < -0.39 is 0 Å². The highest BCUT2D eigenvalue weighted by molar-refractivity contribution is 6.04. The van der Waals surface area contributed by atoms with Gasteiger partial charge in [-0.1, -0.05) is 20.3 Å². The molecule has 2 unspecified atom stereocenters. The summed E-state index contributed by atoms with van der Waals surface area (Å²) in [5.41, 5.74) is 0. The molecular formula is C13H23N3O2. The molecule has 18 heavy (non-hydrogen) atoms. The molecule has 1 saturated carbocycles. The highest BCUT2D eigenvalue weighted by Crippen LogP contribution is 2.19. The van der Waals surface area contributed by atoms with Gasteiger partial charge in [-0.15, -0.1) is 0 Å². The van der Waals surface area contributed by atoms with Crippen molar-refractivity contribution in [3.05, 3.63) is 0 Å². The Hall–Kier alpha value is -1.10. The van der Waals surface area contributed by atoms with Crippen LogP contribution >= 0.6 is 0 Å². The lowest BCUT2D eigenvalue weighted by atomic mass is 10.1. The van der Waals surface area contributed by atoms with Crippen molar-refractivity contribution in [2.45, 2.75) is 51.6 Å². The van der Waals surface area contributed by atoms with Crippen molar-refractivity contribution in [1.82, 2.24) is 15.5 Å². The van der Waals surface area contributed by atoms with E-state index in [2.05, 4.69) is 17.6 Å². The number of amides is 3. The molecule has 2 aliphatic rings. The lowest BCUT2D eigenvalue weighted by Gasteiger charge is -2.18. The zero-order chi connectivity index (χ0) is 13.1. The normalized spacial score (nSPS) is 25.4. The van der Waals surface area contributed by atoms with Crippen molar-refractivity contribution in [3.63, 3.8) is 0 Å². The Labute approximate surface area is 108 Å². The van der Waals surface area contributed by atoms with E-state index in [9.17, 15) is 9.59 Å². The molecule has 3 amide bonds. The van der Waals surface area contributed by atoms with E-state index in [1.807, 2.05) is 6.92 Å². The minimum atomic E-state index is -0.300. The lowest BCUT2D eigenvalue weighted by Crippen LogP contribution is -2.38. The van der Waals surface area contributed by atoms with Crippen LogP contribution in [-0.2, 0) is 4.79 Å². The van der Waals surface area contributed by atoms with Crippen molar-refractivity contribution >= 4 is 11.9 Å². The first kappa shape index (κ1) is 13.3. The van der Waals surface area contributed by atoms with Gasteiger partial charge in [0.2, 0.25) is 0 Å². The summed E-state index contributed by atoms with van der Waals surface area (Å²) in [6.07, 6.45) is 4.15. The minimum absolute atomic E-state index is 0.0554. The number of urea groups is 1. The SMILES string of the molecule is CCCC1NC(=O)N(CC(C)CNC2CC2)C1=O. The van der Waals surface area contributed by atoms with Gasteiger partial charge in [0.1, 0.15) is 6.04 Å². The monoisotopic (exact) mass is 253 g/mol. The van der Waals surface area contributed by atoms with Crippen LogP contribution in [0.1, 0.15) is 39.5 Å². The van der Waals surface area contributed by atoms with Crippen LogP contribution in [0, 0.1) is 5.92 Å². The fourth-order valence-electron chi connectivity index (χ4n) is 2.27. The Morgan fingerprint density at radius 1 is 1.44 bits per heavy atom. The Balaban J connectivity index is 1.79. The molecule has 2 fully saturated rings. The molecule has 1 aliphatic heterocycles. The van der Waals surface area contributed by atoms with E-state index in [0.29, 0.717) is 18.5 Å². The summed E-state index contributed by atoms with van der Waals surface area (Å²) in [5, 5.41) is 6.18. The van der Waals surface area contributed by atoms with Gasteiger partial charge in [-0.3, -0.25) is 9.69 Å². The molecular weight excluding hydrogens is 230 g/mol. The van der Waals surface area contributed by atoms with Gasteiger partial charge in [-0.2, -0.15) is 0 Å². The molecule has 102 valence electrons. The van der Waals surface area contributed by atoms with Crippen molar-refractivity contribution < 1.29 is 9.59 Å². The van der Waals surface area contributed by atoms with Crippen LogP contribution < -0.4 is 10.6 Å². The summed E-state index contributed by atoms with van der Waals surface area (Å²) < 4.78 is 0. The quantitative estimate of drug-likeness (QED) is 0.668. The van der Waals surface area contributed by atoms with E-state index in [1.54, 1.807) is 0 Å². The van der Waals surface area contributed by atoms with Gasteiger partial charge in [0, 0.05) is 12.6 Å². The molecule has 1 heterocycles. The summed E-state index contributed by atoms with van der Waals surface area (Å²) in [5.74, 6) is 0.251. The standard InChI is InChI=1S/C13H23N3O2/c1-3-4-11-12(17)16(13(18)15-11)8-9(2)7-14-10-5-6-10/h9-11,14H,3-8H2,1-2H3,(H,15,18). The second kappa shape index (κ2) is 5.69. The average Bonchev–Trinajstić information content (AvgIpc) is 3.12. The van der Waals surface area contributed by atoms with Crippen molar-refractivity contribution in [1.29, 1.82) is 0 Å². The highest BCUT2D eigenvalue weighted by atomic mass is 16.2. The molecule has 2 rings (SSSR count). The van der Waals surface area contributed by atoms with Gasteiger partial charge in [0.05, 0.1) is 0 Å². The Bertz CT molecular complexity index is 328. The first-order valence-corrected chi connectivity index (χ1v) is 6.97. The molecule has 0 aromatic heterocycles. The molecule has 1 aliphatic carbocycles. The van der Waals surface area contributed by atoms with Gasteiger partial charge >= 0.3 is 6.03 Å². The third-order valence-corrected chi connectivity index (χ3v) is 3.51. The summed E-state index contributed by atoms with van der Waals surface area (Å²) in [7, 11) is 0. The smallest absolute Gasteiger partial charge is 0.324 e. The van der Waals surface area contributed by atoms with E-state index in [-0.39, 0.29) is 18.0 Å². The number of imide groups is 1. The topological polar surface area (TPSA) is 61.4 Å². The van der Waals surface area contributed by atoms with E-state index >= 15 is 0 Å². The van der Waals surface area contributed by atoms with Crippen LogP contribution in [0.15, 0.2) is 0 Å². The summed E-state index contributed by atoms with van der Waals surface area (Å²) >= 11 is 0. The van der Waals surface area contributed by atoms with E-state index in [1.165, 1.54) is 17.7 Å². The Morgan fingerprint density at radius 2 is 2.17 bits per heavy atom. The molecule has 5 heteroatoms. The third kappa shape index (κ3) is 3.22. The maximum atomic E-state index is 12.0. The average molecular weight is 253 g/mol. The summed E-state index contributed by atoms with van der Waals surface area (Å²) in [6, 6.07) is 0.145. The predicted octanol–water partition coefficient (Wildman–Crippen LogP) is 1.09. The summed E-state index contributed by atoms with van der Waals surface area (Å²) in [4.78, 5) is 25.1. The molecule has 0 spiro atoms. The van der Waals surface area contributed by atoms with Gasteiger partial charge in [-0.05, 0) is 31.7 Å². The zero-order valence-electron chi connectivity index (χ0n) is 11.2. The number of nitrogens with one attached hydrogen (secondary N) is 2. The van der Waals surface area contributed by atoms with E-state index in [4.69, 9.17) is 0 Å². The van der Waals surface area contributed by atoms with Gasteiger partial charge in [0.25, 0.3) is 5.91 Å². The molecule has 2 atom stereocenters. The van der Waals surface area contributed by atoms with Crippen LogP contribution in [0.5, 0.6) is 0 Å². The molecule has 2 N–H and O–H groups in total. The number of carbonyl (C=O) groups is 2. The Morgan fingerprint density at radius 3 is 2.78 bits per heavy atom. The number of hydrogen-bond donors (Lipinski definition) is 2. The number of hydrogen-bond acceptors (Lipinski definition) is 3. The molecule has 0 aromatic carbocycles. The third-order valence-electron chi connectivity index (χ3n) is 3.51. The number of carbonyl (C=O) groups excluding carboxylic acids is 2. The molecule has 0 radical (unpaired) electrons. The summed E-state index contributed by atoms with van der Waals surface area (Å²) in [6.45, 7) is 5.48. The first-order valence-electron chi connectivity index (χ1n) is 6.97. The first-order chi connectivity index (χ1) is 8.61. The van der Waals surface area contributed by atoms with Crippen molar-refractivity contribution in [2.75, 3.05) is 13.1 Å². The van der Waals surface area contributed by atoms with Crippen molar-refractivity contribution in [3.8, 4) is 0 Å². The van der Waals surface area contributed by atoms with Gasteiger partial charge in [-0.25, -0.2) is 4.79 Å². The number of nitrogens with zero attached hydrogens (tertiary/aromatic N) is 1. The van der Waals surface area contributed by atoms with Crippen LogP contribution in [-0.4, -0.2) is 42.0 Å². The maximum Gasteiger partial charge on any atom is 0.324 e. The van der Waals surface area contributed by atoms with Gasteiger partial charge in [0.15, 0.2) is 0 Å². The fraction of sp³-hybridized carbons (Fsp3) is 0.846. The van der Waals surface area contributed by atoms with Crippen LogP contribution in [0.4, 0.5) is 4.79 Å². The fourth-order valence-corrected chi connectivity index (χ4v) is 2.27. The van der Waals surface area contributed by atoms with Crippen LogP contribution in [0.2, 0.25) is 0 Å². The van der Waals surface area contributed by atoms with E-state index in [0.717, 1.165) is 19.4 Å². The minimum Gasteiger partial charge on any atom is -0.326 e. The number of rotatable bonds is 7. The Kier molecular flexibility index (Phi) is 4.22. The molecule has 0 bridgehead atoms. The maximum absolute atomic E-state index is 12.0. The molecule has 1 saturated heterocycles. The molecule has 0 aromatic rings. The van der Waals surface area contributed by atoms with Crippen molar-refractivity contribution in [2.24, 2.45) is 5.92 Å². The molecule has 5 nitrogen and oxygen atoms in total. The second-order valence-corrected chi connectivity index (χ2v) is 5.53.